The van der Waals surface area contributed by atoms with Crippen molar-refractivity contribution in [3.8, 4) is 5.75 Å². The van der Waals surface area contributed by atoms with Crippen LogP contribution in [0.3, 0.4) is 0 Å². The van der Waals surface area contributed by atoms with Gasteiger partial charge in [-0.15, -0.1) is 0 Å². The van der Waals surface area contributed by atoms with Crippen LogP contribution in [0, 0.1) is 0 Å². The summed E-state index contributed by atoms with van der Waals surface area (Å²) in [6, 6.07) is 7.95. The van der Waals surface area contributed by atoms with Gasteiger partial charge in [0.2, 0.25) is 5.91 Å². The van der Waals surface area contributed by atoms with Crippen molar-refractivity contribution in [3.05, 3.63) is 29.8 Å². The molecule has 0 saturated heterocycles. The van der Waals surface area contributed by atoms with Crippen molar-refractivity contribution in [2.75, 3.05) is 13.7 Å². The average molecular weight is 222 g/mol. The molecule has 0 fully saturated rings. The lowest BCUT2D eigenvalue weighted by Gasteiger charge is -2.16. The average Bonchev–Trinajstić information content (AvgIpc) is 2.28. The van der Waals surface area contributed by atoms with E-state index in [2.05, 4.69) is 5.32 Å². The molecule has 0 aliphatic heterocycles. The molecule has 0 saturated carbocycles. The van der Waals surface area contributed by atoms with E-state index in [0.29, 0.717) is 13.0 Å². The second kappa shape index (κ2) is 6.12. The Morgan fingerprint density at radius 3 is 2.81 bits per heavy atom. The first-order valence-electron chi connectivity index (χ1n) is 5.29. The van der Waals surface area contributed by atoms with Gasteiger partial charge in [-0.1, -0.05) is 18.2 Å². The van der Waals surface area contributed by atoms with E-state index in [4.69, 9.17) is 10.5 Å². The molecule has 0 bridgehead atoms. The minimum Gasteiger partial charge on any atom is -0.496 e. The Kier molecular flexibility index (Phi) is 4.79. The van der Waals surface area contributed by atoms with Gasteiger partial charge in [0.1, 0.15) is 5.75 Å². The number of benzene rings is 1. The number of primary amides is 1. The van der Waals surface area contributed by atoms with Crippen LogP contribution in [-0.4, -0.2) is 19.6 Å². The fourth-order valence-corrected chi connectivity index (χ4v) is 1.55. The summed E-state index contributed by atoms with van der Waals surface area (Å²) in [5.41, 5.74) is 6.15. The van der Waals surface area contributed by atoms with Crippen molar-refractivity contribution in [1.29, 1.82) is 0 Å². The van der Waals surface area contributed by atoms with Crippen molar-refractivity contribution in [2.24, 2.45) is 5.73 Å². The van der Waals surface area contributed by atoms with Crippen molar-refractivity contribution in [1.82, 2.24) is 5.32 Å². The maximum Gasteiger partial charge on any atom is 0.218 e. The third-order valence-corrected chi connectivity index (χ3v) is 2.43. The van der Waals surface area contributed by atoms with Crippen LogP contribution in [0.2, 0.25) is 0 Å². The standard InChI is InChI=1S/C12H18N2O2/c1-9(14-8-7-12(13)15)10-5-3-4-6-11(10)16-2/h3-6,9,14H,7-8H2,1-2H3,(H2,13,15). The van der Waals surface area contributed by atoms with Gasteiger partial charge in [0.15, 0.2) is 0 Å². The van der Waals surface area contributed by atoms with Gasteiger partial charge in [-0.2, -0.15) is 0 Å². The lowest BCUT2D eigenvalue weighted by molar-refractivity contribution is -0.117. The first-order valence-corrected chi connectivity index (χ1v) is 5.29. The molecule has 0 aromatic heterocycles. The van der Waals surface area contributed by atoms with E-state index in [-0.39, 0.29) is 11.9 Å². The van der Waals surface area contributed by atoms with Crippen LogP contribution in [0.15, 0.2) is 24.3 Å². The highest BCUT2D eigenvalue weighted by Crippen LogP contribution is 2.23. The quantitative estimate of drug-likeness (QED) is 0.760. The number of hydrogen-bond donors (Lipinski definition) is 2. The van der Waals surface area contributed by atoms with Crippen LogP contribution in [0.4, 0.5) is 0 Å². The molecule has 1 rings (SSSR count). The van der Waals surface area contributed by atoms with Gasteiger partial charge >= 0.3 is 0 Å². The van der Waals surface area contributed by atoms with Crippen molar-refractivity contribution in [2.45, 2.75) is 19.4 Å². The number of para-hydroxylation sites is 1. The summed E-state index contributed by atoms with van der Waals surface area (Å²) in [5, 5.41) is 3.22. The van der Waals surface area contributed by atoms with E-state index in [1.807, 2.05) is 31.2 Å². The third kappa shape index (κ3) is 3.55. The van der Waals surface area contributed by atoms with Crippen LogP contribution in [0.1, 0.15) is 24.9 Å². The number of rotatable bonds is 6. The number of amides is 1. The molecule has 0 heterocycles. The van der Waals surface area contributed by atoms with E-state index in [9.17, 15) is 4.79 Å². The highest BCUT2D eigenvalue weighted by Gasteiger charge is 2.09. The summed E-state index contributed by atoms with van der Waals surface area (Å²) in [6.45, 7) is 2.60. The molecule has 0 aliphatic rings. The molecule has 1 amide bonds. The number of ether oxygens (including phenoxy) is 1. The fraction of sp³-hybridized carbons (Fsp3) is 0.417. The molecule has 1 atom stereocenters. The van der Waals surface area contributed by atoms with Gasteiger partial charge in [-0.3, -0.25) is 4.79 Å². The third-order valence-electron chi connectivity index (χ3n) is 2.43. The Morgan fingerprint density at radius 1 is 1.50 bits per heavy atom. The molecular weight excluding hydrogens is 204 g/mol. The van der Waals surface area contributed by atoms with Gasteiger partial charge in [0, 0.05) is 24.6 Å². The molecule has 0 aliphatic carbocycles. The highest BCUT2D eigenvalue weighted by molar-refractivity contribution is 5.73. The van der Waals surface area contributed by atoms with E-state index in [1.54, 1.807) is 7.11 Å². The summed E-state index contributed by atoms with van der Waals surface area (Å²) >= 11 is 0. The second-order valence-electron chi connectivity index (χ2n) is 3.63. The molecule has 1 unspecified atom stereocenters. The molecule has 3 N–H and O–H groups in total. The molecule has 1 aromatic carbocycles. The first kappa shape index (κ1) is 12.5. The predicted octanol–water partition coefficient (Wildman–Crippen LogP) is 1.22. The van der Waals surface area contributed by atoms with E-state index in [0.717, 1.165) is 11.3 Å². The molecule has 16 heavy (non-hydrogen) atoms. The Hall–Kier alpha value is -1.55. The second-order valence-corrected chi connectivity index (χ2v) is 3.63. The van der Waals surface area contributed by atoms with Crippen LogP contribution >= 0.6 is 0 Å². The number of methoxy groups -OCH3 is 1. The minimum absolute atomic E-state index is 0.135. The zero-order chi connectivity index (χ0) is 12.0. The largest absolute Gasteiger partial charge is 0.496 e. The summed E-state index contributed by atoms with van der Waals surface area (Å²) in [7, 11) is 1.65. The van der Waals surface area contributed by atoms with Crippen LogP contribution < -0.4 is 15.8 Å². The normalized spacial score (nSPS) is 12.1. The van der Waals surface area contributed by atoms with Crippen LogP contribution in [0.25, 0.3) is 0 Å². The van der Waals surface area contributed by atoms with Crippen molar-refractivity contribution >= 4 is 5.91 Å². The highest BCUT2D eigenvalue weighted by atomic mass is 16.5. The lowest BCUT2D eigenvalue weighted by atomic mass is 10.1. The Bertz CT molecular complexity index is 353. The smallest absolute Gasteiger partial charge is 0.218 e. The molecule has 88 valence electrons. The summed E-state index contributed by atoms with van der Waals surface area (Å²) < 4.78 is 5.26. The molecular formula is C12H18N2O2. The van der Waals surface area contributed by atoms with Gasteiger partial charge in [0.05, 0.1) is 7.11 Å². The van der Waals surface area contributed by atoms with Gasteiger partial charge in [-0.05, 0) is 13.0 Å². The van der Waals surface area contributed by atoms with Gasteiger partial charge in [0.25, 0.3) is 0 Å². The molecule has 4 heteroatoms. The van der Waals surface area contributed by atoms with E-state index < -0.39 is 0 Å². The zero-order valence-electron chi connectivity index (χ0n) is 9.69. The predicted molar refractivity (Wildman–Crippen MR) is 63.2 cm³/mol. The first-order chi connectivity index (χ1) is 7.65. The van der Waals surface area contributed by atoms with Crippen LogP contribution in [0.5, 0.6) is 5.75 Å². The lowest BCUT2D eigenvalue weighted by Crippen LogP contribution is -2.24. The molecule has 0 spiro atoms. The Labute approximate surface area is 95.8 Å². The molecule has 0 radical (unpaired) electrons. The number of carbonyl (C=O) groups excluding carboxylic acids is 1. The SMILES string of the molecule is COc1ccccc1C(C)NCCC(N)=O. The summed E-state index contributed by atoms with van der Waals surface area (Å²) in [4.78, 5) is 10.6. The van der Waals surface area contributed by atoms with Gasteiger partial charge < -0.3 is 15.8 Å². The van der Waals surface area contributed by atoms with Crippen molar-refractivity contribution < 1.29 is 9.53 Å². The van der Waals surface area contributed by atoms with Crippen LogP contribution in [-0.2, 0) is 4.79 Å². The van der Waals surface area contributed by atoms with E-state index in [1.165, 1.54) is 0 Å². The topological polar surface area (TPSA) is 64.3 Å². The van der Waals surface area contributed by atoms with Crippen molar-refractivity contribution in [3.63, 3.8) is 0 Å². The Balaban J connectivity index is 2.58. The molecule has 4 nitrogen and oxygen atoms in total. The number of carbonyl (C=O) groups is 1. The van der Waals surface area contributed by atoms with E-state index >= 15 is 0 Å². The maximum absolute atomic E-state index is 10.6. The zero-order valence-corrected chi connectivity index (χ0v) is 9.69. The monoisotopic (exact) mass is 222 g/mol. The number of nitrogens with one attached hydrogen (secondary N) is 1. The van der Waals surface area contributed by atoms with Gasteiger partial charge in [-0.25, -0.2) is 0 Å². The Morgan fingerprint density at radius 2 is 2.19 bits per heavy atom. The molecule has 1 aromatic rings. The maximum atomic E-state index is 10.6. The minimum atomic E-state index is -0.292. The fourth-order valence-electron chi connectivity index (χ4n) is 1.55. The number of nitrogens with two attached hydrogens (primary N) is 1. The number of hydrogen-bond acceptors (Lipinski definition) is 3. The summed E-state index contributed by atoms with van der Waals surface area (Å²) in [5.74, 6) is 0.557. The summed E-state index contributed by atoms with van der Waals surface area (Å²) in [6.07, 6.45) is 0.347.